The maximum Gasteiger partial charge on any atom is 0.435 e. The van der Waals surface area contributed by atoms with Gasteiger partial charge in [0.2, 0.25) is 0 Å². The molecule has 2 aromatic carbocycles. The first-order valence-corrected chi connectivity index (χ1v) is 24.8. The average Bonchev–Trinajstić information content (AvgIpc) is 3.47. The molecule has 1 N–H and O–H groups in total. The van der Waals surface area contributed by atoms with E-state index in [1.54, 1.807) is 65.8 Å². The van der Waals surface area contributed by atoms with Gasteiger partial charge in [-0.3, -0.25) is 13.7 Å². The van der Waals surface area contributed by atoms with Gasteiger partial charge < -0.3 is 28.3 Å². The van der Waals surface area contributed by atoms with E-state index < -0.39 is 67.2 Å². The van der Waals surface area contributed by atoms with Gasteiger partial charge in [-0.15, -0.1) is 0 Å². The lowest BCUT2D eigenvalue weighted by molar-refractivity contribution is -0.152. The molecule has 17 heteroatoms. The number of hydrogen-bond acceptors (Lipinski definition) is 10. The number of aromatic nitrogens is 2. The van der Waals surface area contributed by atoms with Crippen molar-refractivity contribution in [3.63, 3.8) is 0 Å². The Bertz CT molecular complexity index is 1990. The van der Waals surface area contributed by atoms with Crippen molar-refractivity contribution in [2.24, 2.45) is 0 Å². The van der Waals surface area contributed by atoms with Crippen LogP contribution in [-0.2, 0) is 34.7 Å². The van der Waals surface area contributed by atoms with Crippen molar-refractivity contribution in [2.45, 2.75) is 149 Å². The maximum absolute atomic E-state index is 14.0. The summed E-state index contributed by atoms with van der Waals surface area (Å²) in [6.45, 7) is 21.9. The van der Waals surface area contributed by atoms with Crippen LogP contribution in [0.2, 0.25) is 23.2 Å². The van der Waals surface area contributed by atoms with E-state index in [4.69, 9.17) is 40.1 Å². The maximum atomic E-state index is 14.0. The van der Waals surface area contributed by atoms with E-state index in [2.05, 4.69) is 20.8 Å². The average molecular weight is 894 g/mol. The van der Waals surface area contributed by atoms with Gasteiger partial charge in [-0.2, -0.15) is 9.78 Å². The fraction of sp³-hybridized carbons (Fsp3) is 0.628. The quantitative estimate of drug-likeness (QED) is 0.0595. The molecule has 1 heterocycles. The molecule has 14 nitrogen and oxygen atoms in total. The van der Waals surface area contributed by atoms with Crippen LogP contribution in [0.15, 0.2) is 36.4 Å². The molecule has 0 spiro atoms. The van der Waals surface area contributed by atoms with E-state index in [0.29, 0.717) is 16.8 Å². The Morgan fingerprint density at radius 3 is 2.07 bits per heavy atom. The number of hydrogen-bond donors (Lipinski definition) is 1. The first-order valence-electron chi connectivity index (χ1n) is 20.8. The smallest absolute Gasteiger partial charge is 0.435 e. The summed E-state index contributed by atoms with van der Waals surface area (Å²) >= 11 is 4.00. The molecule has 1 aliphatic rings. The molecule has 334 valence electrons. The number of nitrogens with zero attached hydrogens (tertiary/aromatic N) is 4. The first kappa shape index (κ1) is 49.0. The molecule has 1 aliphatic carbocycles. The normalized spacial score (nSPS) is 14.9. The fourth-order valence-electron chi connectivity index (χ4n) is 6.84. The van der Waals surface area contributed by atoms with Gasteiger partial charge in [0.1, 0.15) is 35.7 Å². The molecule has 2 atom stereocenters. The number of anilines is 1. The number of carbonyl (C=O) groups excluding carboxylic acids is 3. The Morgan fingerprint density at radius 1 is 0.917 bits per heavy atom. The van der Waals surface area contributed by atoms with Crippen molar-refractivity contribution in [1.29, 1.82) is 0 Å². The molecule has 60 heavy (non-hydrogen) atoms. The lowest BCUT2D eigenvalue weighted by Crippen LogP contribution is -2.45. The highest BCUT2D eigenvalue weighted by Gasteiger charge is 2.36. The van der Waals surface area contributed by atoms with Gasteiger partial charge in [-0.1, -0.05) is 44.9 Å². The van der Waals surface area contributed by atoms with Crippen molar-refractivity contribution in [1.82, 2.24) is 14.7 Å². The summed E-state index contributed by atoms with van der Waals surface area (Å²) in [5.41, 5.74) is -0.202. The van der Waals surface area contributed by atoms with Crippen LogP contribution in [0.1, 0.15) is 126 Å². The lowest BCUT2D eigenvalue weighted by atomic mass is 9.82. The third kappa shape index (κ3) is 13.4. The Kier molecular flexibility index (Phi) is 16.3. The number of carbonyl (C=O) groups is 3. The summed E-state index contributed by atoms with van der Waals surface area (Å²) in [6.07, 6.45) is 1.24. The Labute approximate surface area is 364 Å². The number of halogens is 1. The number of amides is 1. The van der Waals surface area contributed by atoms with Gasteiger partial charge in [-0.25, -0.2) is 13.8 Å². The van der Waals surface area contributed by atoms with Crippen LogP contribution < -0.4 is 9.04 Å². The van der Waals surface area contributed by atoms with E-state index in [1.807, 2.05) is 32.9 Å². The largest absolute Gasteiger partial charge is 0.492 e. The zero-order valence-corrected chi connectivity index (χ0v) is 40.0. The van der Waals surface area contributed by atoms with Crippen LogP contribution in [0.25, 0.3) is 10.9 Å². The minimum atomic E-state index is -2.64. The highest BCUT2D eigenvalue weighted by Crippen LogP contribution is 2.40. The SMILES string of the molecule is CC[Si](CC)(CC)OC(CN(CCOc1ccc2c(C3CCC3)nn(C(=O)OC(C)(C)C)c2c1)C(=O)OC(C)(C)C)c1ccc(Cl)c(N(CC(=O)OC(C)(C)C)S(=O)O)c1. The molecule has 2 unspecified atom stereocenters. The summed E-state index contributed by atoms with van der Waals surface area (Å²) < 4.78 is 55.7. The van der Waals surface area contributed by atoms with Crippen molar-refractivity contribution < 1.29 is 46.5 Å². The lowest BCUT2D eigenvalue weighted by Gasteiger charge is -2.37. The molecular formula is C43H65ClN4O10SSi. The van der Waals surface area contributed by atoms with Crippen LogP contribution in [-0.4, -0.2) is 93.0 Å². The van der Waals surface area contributed by atoms with E-state index in [9.17, 15) is 23.1 Å². The second-order valence-corrected chi connectivity index (χ2v) is 24.3. The second kappa shape index (κ2) is 20.0. The minimum absolute atomic E-state index is 0.0393. The third-order valence-electron chi connectivity index (χ3n) is 10.2. The summed E-state index contributed by atoms with van der Waals surface area (Å²) in [5.74, 6) is 0.0333. The highest BCUT2D eigenvalue weighted by molar-refractivity contribution is 7.80. The number of fused-ring (bicyclic) bond motifs is 1. The molecule has 1 aromatic heterocycles. The van der Waals surface area contributed by atoms with E-state index >= 15 is 0 Å². The molecule has 3 aromatic rings. The Morgan fingerprint density at radius 2 is 1.53 bits per heavy atom. The van der Waals surface area contributed by atoms with Gasteiger partial charge in [0.05, 0.1) is 41.1 Å². The second-order valence-electron chi connectivity index (χ2n) is 18.3. The molecule has 0 radical (unpaired) electrons. The molecule has 0 aliphatic heterocycles. The predicted molar refractivity (Wildman–Crippen MR) is 238 cm³/mol. The topological polar surface area (TPSA) is 159 Å². The Balaban J connectivity index is 1.70. The summed E-state index contributed by atoms with van der Waals surface area (Å²) in [5, 5.41) is 5.71. The van der Waals surface area contributed by atoms with Gasteiger partial charge in [0.15, 0.2) is 8.32 Å². The summed E-state index contributed by atoms with van der Waals surface area (Å²) in [4.78, 5) is 41.7. The van der Waals surface area contributed by atoms with Crippen molar-refractivity contribution in [2.75, 3.05) is 30.5 Å². The molecule has 1 saturated carbocycles. The number of ether oxygens (including phenoxy) is 4. The number of benzene rings is 2. The van der Waals surface area contributed by atoms with Crippen molar-refractivity contribution >= 4 is 65.9 Å². The standard InChI is InChI=1S/C43H65ClN4O10SSi/c1-13-60(14-2,15-3)58-36(30-19-22-33(44)35(25-30)47(59(52)53)28-37(49)55-41(4,5)6)27-46(39(50)56-42(7,8)9)23-24-54-31-20-21-32-34(26-31)48(40(51)57-43(10,11)12)45-38(32)29-17-16-18-29/h19-22,25-26,29,36H,13-18,23-24,27-28H2,1-12H3,(H,52,53). The Hall–Kier alpha value is -3.70. The fourth-order valence-corrected chi connectivity index (χ4v) is 10.5. The van der Waals surface area contributed by atoms with Gasteiger partial charge in [-0.05, 0) is 123 Å². The van der Waals surface area contributed by atoms with Crippen molar-refractivity contribution in [3.8, 4) is 5.75 Å². The zero-order chi connectivity index (χ0) is 44.8. The number of rotatable bonds is 17. The van der Waals surface area contributed by atoms with Gasteiger partial charge in [0, 0.05) is 17.4 Å². The predicted octanol–water partition coefficient (Wildman–Crippen LogP) is 10.4. The summed E-state index contributed by atoms with van der Waals surface area (Å²) in [6, 6.07) is 12.9. The minimum Gasteiger partial charge on any atom is -0.492 e. The van der Waals surface area contributed by atoms with Crippen molar-refractivity contribution in [3.05, 3.63) is 52.7 Å². The van der Waals surface area contributed by atoms with Gasteiger partial charge >= 0.3 is 18.2 Å². The van der Waals surface area contributed by atoms with Crippen LogP contribution in [0.5, 0.6) is 5.75 Å². The first-order chi connectivity index (χ1) is 27.9. The van der Waals surface area contributed by atoms with Crippen LogP contribution >= 0.6 is 11.6 Å². The van der Waals surface area contributed by atoms with Gasteiger partial charge in [0.25, 0.3) is 11.3 Å². The molecule has 1 amide bonds. The monoisotopic (exact) mass is 892 g/mol. The number of esters is 1. The van der Waals surface area contributed by atoms with Crippen LogP contribution in [0, 0.1) is 0 Å². The zero-order valence-electron chi connectivity index (χ0n) is 37.4. The molecule has 0 bridgehead atoms. The molecule has 0 saturated heterocycles. The third-order valence-corrected chi connectivity index (χ3v) is 15.9. The van der Waals surface area contributed by atoms with Crippen LogP contribution in [0.4, 0.5) is 15.3 Å². The van der Waals surface area contributed by atoms with E-state index in [0.717, 1.165) is 52.8 Å². The van der Waals surface area contributed by atoms with E-state index in [1.165, 1.54) is 9.58 Å². The molecular weight excluding hydrogens is 828 g/mol. The molecule has 4 rings (SSSR count). The highest BCUT2D eigenvalue weighted by atomic mass is 35.5. The van der Waals surface area contributed by atoms with Crippen LogP contribution in [0.3, 0.4) is 0 Å². The van der Waals surface area contributed by atoms with E-state index in [-0.39, 0.29) is 36.3 Å². The molecule has 1 fully saturated rings. The summed E-state index contributed by atoms with van der Waals surface area (Å²) in [7, 11) is -2.38.